The first-order valence-corrected chi connectivity index (χ1v) is 9.85. The van der Waals surface area contributed by atoms with Gasteiger partial charge in [0, 0.05) is 32.7 Å². The zero-order valence-electron chi connectivity index (χ0n) is 14.3. The molecule has 0 aromatic heterocycles. The summed E-state index contributed by atoms with van der Waals surface area (Å²) in [5, 5.41) is 2.86. The van der Waals surface area contributed by atoms with Gasteiger partial charge in [0.1, 0.15) is 0 Å². The van der Waals surface area contributed by atoms with Crippen LogP contribution in [0.4, 0.5) is 0 Å². The van der Waals surface area contributed by atoms with Crippen molar-refractivity contribution < 1.29 is 13.2 Å². The van der Waals surface area contributed by atoms with Crippen LogP contribution < -0.4 is 11.1 Å². The molecule has 0 amide bonds. The van der Waals surface area contributed by atoms with E-state index < -0.39 is 9.84 Å². The lowest BCUT2D eigenvalue weighted by molar-refractivity contribution is 0.0377. The van der Waals surface area contributed by atoms with Crippen molar-refractivity contribution in [1.82, 2.24) is 10.2 Å². The summed E-state index contributed by atoms with van der Waals surface area (Å²) in [6, 6.07) is 8.41. The minimum Gasteiger partial charge on any atom is -0.379 e. The standard InChI is InChI=1S/C16H26N4O3S.HI/c17-16(18-7-4-9-20-10-12-23-13-11-20)19-8-14-24(21,22)15-5-2-1-3-6-15;/h1-3,5-6H,4,7-14H2,(H3,17,18,19);1H. The Hall–Kier alpha value is -0.910. The number of halogens is 1. The largest absolute Gasteiger partial charge is 0.379 e. The predicted octanol–water partition coefficient (Wildman–Crippen LogP) is 0.705. The van der Waals surface area contributed by atoms with E-state index in [-0.39, 0.29) is 36.3 Å². The third-order valence-electron chi connectivity index (χ3n) is 3.80. The van der Waals surface area contributed by atoms with E-state index in [1.807, 2.05) is 0 Å². The first-order chi connectivity index (χ1) is 11.6. The predicted molar refractivity (Wildman–Crippen MR) is 110 cm³/mol. The fourth-order valence-electron chi connectivity index (χ4n) is 2.43. The average molecular weight is 482 g/mol. The van der Waals surface area contributed by atoms with Crippen molar-refractivity contribution >= 4 is 39.8 Å². The number of hydrogen-bond donors (Lipinski definition) is 2. The zero-order valence-corrected chi connectivity index (χ0v) is 17.4. The van der Waals surface area contributed by atoms with Crippen LogP contribution in [0.3, 0.4) is 0 Å². The lowest BCUT2D eigenvalue weighted by Crippen LogP contribution is -2.37. The molecule has 0 atom stereocenters. The Bertz CT molecular complexity index is 620. The number of morpholine rings is 1. The molecule has 1 aromatic carbocycles. The number of sulfone groups is 1. The second-order valence-electron chi connectivity index (χ2n) is 5.63. The van der Waals surface area contributed by atoms with Gasteiger partial charge in [-0.25, -0.2) is 8.42 Å². The van der Waals surface area contributed by atoms with Gasteiger partial charge in [-0.1, -0.05) is 18.2 Å². The average Bonchev–Trinajstić information content (AvgIpc) is 2.60. The summed E-state index contributed by atoms with van der Waals surface area (Å²) in [5.41, 5.74) is 5.77. The lowest BCUT2D eigenvalue weighted by Gasteiger charge is -2.26. The number of nitrogens with one attached hydrogen (secondary N) is 1. The van der Waals surface area contributed by atoms with E-state index in [4.69, 9.17) is 10.5 Å². The van der Waals surface area contributed by atoms with Gasteiger partial charge >= 0.3 is 0 Å². The van der Waals surface area contributed by atoms with E-state index >= 15 is 0 Å². The molecule has 0 bridgehead atoms. The molecule has 142 valence electrons. The molecule has 1 aliphatic rings. The number of ether oxygens (including phenoxy) is 1. The van der Waals surface area contributed by atoms with Crippen LogP contribution in [0.25, 0.3) is 0 Å². The molecule has 0 saturated carbocycles. The quantitative estimate of drug-likeness (QED) is 0.245. The number of aliphatic imine (C=N–C) groups is 1. The highest BCUT2D eigenvalue weighted by Gasteiger charge is 2.13. The molecule has 1 aliphatic heterocycles. The van der Waals surface area contributed by atoms with Crippen molar-refractivity contribution in [3.8, 4) is 0 Å². The number of nitrogens with zero attached hydrogens (tertiary/aromatic N) is 2. The van der Waals surface area contributed by atoms with Gasteiger partial charge in [0.25, 0.3) is 0 Å². The summed E-state index contributed by atoms with van der Waals surface area (Å²) in [7, 11) is -3.29. The SMILES string of the molecule is I.NC(=NCCCN1CCOCC1)NCCS(=O)(=O)c1ccccc1. The van der Waals surface area contributed by atoms with Gasteiger partial charge in [0.15, 0.2) is 15.8 Å². The maximum absolute atomic E-state index is 12.1. The van der Waals surface area contributed by atoms with Gasteiger partial charge in [0.05, 0.1) is 23.9 Å². The van der Waals surface area contributed by atoms with E-state index in [0.29, 0.717) is 17.4 Å². The van der Waals surface area contributed by atoms with E-state index in [9.17, 15) is 8.42 Å². The Balaban J connectivity index is 0.00000312. The summed E-state index contributed by atoms with van der Waals surface area (Å²) in [5.74, 6) is 0.279. The van der Waals surface area contributed by atoms with Crippen LogP contribution in [-0.4, -0.2) is 71.0 Å². The van der Waals surface area contributed by atoms with Crippen molar-refractivity contribution in [2.45, 2.75) is 11.3 Å². The number of hydrogen-bond acceptors (Lipinski definition) is 5. The smallest absolute Gasteiger partial charge is 0.188 e. The molecule has 9 heteroatoms. The molecule has 2 rings (SSSR count). The Morgan fingerprint density at radius 2 is 1.92 bits per heavy atom. The highest BCUT2D eigenvalue weighted by Crippen LogP contribution is 2.09. The normalized spacial score (nSPS) is 16.2. The van der Waals surface area contributed by atoms with Crippen molar-refractivity contribution in [3.05, 3.63) is 30.3 Å². The third-order valence-corrected chi connectivity index (χ3v) is 5.53. The molecule has 1 heterocycles. The number of nitrogens with two attached hydrogens (primary N) is 1. The van der Waals surface area contributed by atoms with Crippen LogP contribution in [0.15, 0.2) is 40.2 Å². The van der Waals surface area contributed by atoms with E-state index in [0.717, 1.165) is 39.3 Å². The van der Waals surface area contributed by atoms with Crippen LogP contribution in [0.2, 0.25) is 0 Å². The van der Waals surface area contributed by atoms with Crippen molar-refractivity contribution in [2.75, 3.05) is 51.7 Å². The summed E-state index contributed by atoms with van der Waals surface area (Å²) < 4.78 is 29.5. The maximum atomic E-state index is 12.1. The Morgan fingerprint density at radius 3 is 2.60 bits per heavy atom. The van der Waals surface area contributed by atoms with Gasteiger partial charge in [-0.3, -0.25) is 9.89 Å². The van der Waals surface area contributed by atoms with Crippen molar-refractivity contribution in [3.63, 3.8) is 0 Å². The molecule has 1 saturated heterocycles. The van der Waals surface area contributed by atoms with Gasteiger partial charge in [-0.15, -0.1) is 24.0 Å². The molecule has 0 aliphatic carbocycles. The van der Waals surface area contributed by atoms with Crippen LogP contribution in [0.1, 0.15) is 6.42 Å². The van der Waals surface area contributed by atoms with Gasteiger partial charge in [0.2, 0.25) is 0 Å². The zero-order chi connectivity index (χ0) is 17.3. The lowest BCUT2D eigenvalue weighted by atomic mass is 10.3. The highest BCUT2D eigenvalue weighted by atomic mass is 127. The van der Waals surface area contributed by atoms with Gasteiger partial charge < -0.3 is 15.8 Å². The Morgan fingerprint density at radius 1 is 1.24 bits per heavy atom. The monoisotopic (exact) mass is 482 g/mol. The van der Waals surface area contributed by atoms with Crippen LogP contribution >= 0.6 is 24.0 Å². The topological polar surface area (TPSA) is 97.0 Å². The molecule has 3 N–H and O–H groups in total. The minimum atomic E-state index is -3.29. The summed E-state index contributed by atoms with van der Waals surface area (Å²) in [6.07, 6.45) is 0.921. The second-order valence-corrected chi connectivity index (χ2v) is 7.74. The van der Waals surface area contributed by atoms with Gasteiger partial charge in [-0.2, -0.15) is 0 Å². The number of benzene rings is 1. The molecule has 1 aromatic rings. The molecule has 7 nitrogen and oxygen atoms in total. The van der Waals surface area contributed by atoms with Crippen LogP contribution in [0, 0.1) is 0 Å². The molecule has 0 radical (unpaired) electrons. The van der Waals surface area contributed by atoms with Crippen molar-refractivity contribution in [2.24, 2.45) is 10.7 Å². The van der Waals surface area contributed by atoms with Crippen LogP contribution in [0.5, 0.6) is 0 Å². The molecule has 25 heavy (non-hydrogen) atoms. The molecule has 1 fully saturated rings. The minimum absolute atomic E-state index is 0. The summed E-state index contributed by atoms with van der Waals surface area (Å²) >= 11 is 0. The summed E-state index contributed by atoms with van der Waals surface area (Å²) in [6.45, 7) is 5.37. The maximum Gasteiger partial charge on any atom is 0.188 e. The molecular formula is C16H27IN4O3S. The number of rotatable bonds is 8. The highest BCUT2D eigenvalue weighted by molar-refractivity contribution is 14.0. The number of guanidine groups is 1. The van der Waals surface area contributed by atoms with E-state index in [1.54, 1.807) is 30.3 Å². The fourth-order valence-corrected chi connectivity index (χ4v) is 3.61. The van der Waals surface area contributed by atoms with E-state index in [1.165, 1.54) is 0 Å². The first-order valence-electron chi connectivity index (χ1n) is 8.19. The second kappa shape index (κ2) is 11.7. The third kappa shape index (κ3) is 8.34. The Kier molecular flexibility index (Phi) is 10.3. The first kappa shape index (κ1) is 22.1. The molecule has 0 unspecified atom stereocenters. The van der Waals surface area contributed by atoms with Crippen molar-refractivity contribution in [1.29, 1.82) is 0 Å². The van der Waals surface area contributed by atoms with Crippen LogP contribution in [-0.2, 0) is 14.6 Å². The molecular weight excluding hydrogens is 455 g/mol. The van der Waals surface area contributed by atoms with Gasteiger partial charge in [-0.05, 0) is 18.6 Å². The Labute approximate surface area is 167 Å². The fraction of sp³-hybridized carbons (Fsp3) is 0.562. The van der Waals surface area contributed by atoms with E-state index in [2.05, 4.69) is 15.2 Å². The molecule has 0 spiro atoms. The summed E-state index contributed by atoms with van der Waals surface area (Å²) in [4.78, 5) is 6.90.